The summed E-state index contributed by atoms with van der Waals surface area (Å²) in [5.74, 6) is -0.579. The fraction of sp³-hybridized carbons (Fsp3) is 0.368. The van der Waals surface area contributed by atoms with E-state index in [0.717, 1.165) is 28.7 Å². The molecule has 0 spiro atoms. The molecule has 0 bridgehead atoms. The smallest absolute Gasteiger partial charge is 0.317 e. The van der Waals surface area contributed by atoms with E-state index in [1.807, 2.05) is 26.8 Å². The Morgan fingerprint density at radius 1 is 1.18 bits per heavy atom. The summed E-state index contributed by atoms with van der Waals surface area (Å²) in [5.41, 5.74) is 2.88. The average Bonchev–Trinajstić information content (AvgIpc) is 2.62. The molecule has 1 aromatic heterocycles. The lowest BCUT2D eigenvalue weighted by molar-refractivity contribution is -0.150. The summed E-state index contributed by atoms with van der Waals surface area (Å²) in [6, 6.07) is 5.16. The van der Waals surface area contributed by atoms with Gasteiger partial charge in [-0.3, -0.25) is 9.59 Å². The van der Waals surface area contributed by atoms with Gasteiger partial charge in [-0.2, -0.15) is 0 Å². The van der Waals surface area contributed by atoms with Gasteiger partial charge in [-0.05, 0) is 45.4 Å². The number of carbonyl (C=O) groups is 2. The molecule has 2 aromatic rings. The molecule has 1 amide bonds. The summed E-state index contributed by atoms with van der Waals surface area (Å²) in [5, 5.41) is 3.71. The first-order valence-corrected chi connectivity index (χ1v) is 9.85. The fourth-order valence-electron chi connectivity index (χ4n) is 2.33. The Balaban J connectivity index is 1.93. The quantitative estimate of drug-likeness (QED) is 0.412. The van der Waals surface area contributed by atoms with E-state index in [-0.39, 0.29) is 5.75 Å². The van der Waals surface area contributed by atoms with Crippen LogP contribution < -0.4 is 10.1 Å². The number of carbonyl (C=O) groups excluding carboxylic acids is 2. The number of hydrogen-bond donors (Lipinski definition) is 1. The van der Waals surface area contributed by atoms with Gasteiger partial charge in [0.25, 0.3) is 5.91 Å². The fourth-order valence-corrected chi connectivity index (χ4v) is 3.22. The number of amides is 1. The van der Waals surface area contributed by atoms with E-state index in [1.165, 1.54) is 14.0 Å². The molecule has 1 heterocycles. The first-order chi connectivity index (χ1) is 13.2. The molecule has 0 fully saturated rings. The van der Waals surface area contributed by atoms with Gasteiger partial charge in [0, 0.05) is 22.5 Å². The van der Waals surface area contributed by atoms with Crippen LogP contribution in [-0.2, 0) is 14.3 Å². The molecule has 7 nitrogen and oxygen atoms in total. The number of nitrogens with one attached hydrogen (secondary N) is 1. The summed E-state index contributed by atoms with van der Waals surface area (Å²) in [6.07, 6.45) is -0.978. The lowest BCUT2D eigenvalue weighted by atomic mass is 10.2. The molecule has 0 saturated carbocycles. The van der Waals surface area contributed by atoms with Crippen molar-refractivity contribution in [2.75, 3.05) is 18.2 Å². The number of methoxy groups -OCH3 is 1. The van der Waals surface area contributed by atoms with E-state index in [0.29, 0.717) is 21.6 Å². The number of esters is 1. The van der Waals surface area contributed by atoms with Crippen LogP contribution in [0.5, 0.6) is 5.75 Å². The summed E-state index contributed by atoms with van der Waals surface area (Å²) in [7, 11) is 1.48. The zero-order chi connectivity index (χ0) is 20.8. The normalized spacial score (nSPS) is 11.6. The lowest BCUT2D eigenvalue weighted by Gasteiger charge is -2.16. The molecule has 0 saturated heterocycles. The third-order valence-electron chi connectivity index (χ3n) is 3.70. The maximum absolute atomic E-state index is 12.4. The zero-order valence-electron chi connectivity index (χ0n) is 16.3. The number of thioether (sulfide) groups is 1. The van der Waals surface area contributed by atoms with Gasteiger partial charge in [0.15, 0.2) is 11.3 Å². The van der Waals surface area contributed by atoms with Crippen molar-refractivity contribution in [3.8, 4) is 5.75 Å². The third kappa shape index (κ3) is 6.10. The molecular formula is C19H22ClN3O4S. The van der Waals surface area contributed by atoms with E-state index >= 15 is 0 Å². The highest BCUT2D eigenvalue weighted by molar-refractivity contribution is 7.99. The van der Waals surface area contributed by atoms with Crippen molar-refractivity contribution in [1.29, 1.82) is 0 Å². The number of aromatic nitrogens is 2. The highest BCUT2D eigenvalue weighted by Crippen LogP contribution is 2.31. The minimum absolute atomic E-state index is 0.00386. The second-order valence-electron chi connectivity index (χ2n) is 6.14. The van der Waals surface area contributed by atoms with Crippen LogP contribution in [0.4, 0.5) is 5.69 Å². The standard InChI is InChI=1S/C19H22ClN3O4S/c1-10-6-15(16(26-5)8-14(10)20)23-18(25)13(4)27-17(24)9-28-19-21-11(2)7-12(3)22-19/h6-8,13H,9H2,1-5H3,(H,23,25). The molecule has 1 N–H and O–H groups in total. The summed E-state index contributed by atoms with van der Waals surface area (Å²) in [4.78, 5) is 32.9. The Labute approximate surface area is 173 Å². The summed E-state index contributed by atoms with van der Waals surface area (Å²) >= 11 is 7.22. The maximum Gasteiger partial charge on any atom is 0.317 e. The van der Waals surface area contributed by atoms with Crippen LogP contribution in [0, 0.1) is 20.8 Å². The summed E-state index contributed by atoms with van der Waals surface area (Å²) < 4.78 is 10.4. The molecule has 0 radical (unpaired) electrons. The molecule has 1 atom stereocenters. The molecule has 0 aliphatic carbocycles. The van der Waals surface area contributed by atoms with Gasteiger partial charge < -0.3 is 14.8 Å². The Bertz CT molecular complexity index is 871. The Morgan fingerprint density at radius 2 is 1.82 bits per heavy atom. The number of aryl methyl sites for hydroxylation is 3. The van der Waals surface area contributed by atoms with Crippen molar-refractivity contribution in [2.24, 2.45) is 0 Å². The second-order valence-corrected chi connectivity index (χ2v) is 7.49. The number of hydrogen-bond acceptors (Lipinski definition) is 7. The van der Waals surface area contributed by atoms with Gasteiger partial charge in [-0.25, -0.2) is 9.97 Å². The topological polar surface area (TPSA) is 90.4 Å². The largest absolute Gasteiger partial charge is 0.495 e. The maximum atomic E-state index is 12.4. The van der Waals surface area contributed by atoms with Crippen LogP contribution in [-0.4, -0.2) is 40.8 Å². The first-order valence-electron chi connectivity index (χ1n) is 8.49. The van der Waals surface area contributed by atoms with E-state index in [2.05, 4.69) is 15.3 Å². The average molecular weight is 424 g/mol. The molecule has 0 aliphatic rings. The lowest BCUT2D eigenvalue weighted by Crippen LogP contribution is -2.30. The number of anilines is 1. The van der Waals surface area contributed by atoms with E-state index in [9.17, 15) is 9.59 Å². The van der Waals surface area contributed by atoms with Crippen LogP contribution >= 0.6 is 23.4 Å². The number of benzene rings is 1. The van der Waals surface area contributed by atoms with Crippen molar-refractivity contribution in [2.45, 2.75) is 39.0 Å². The van der Waals surface area contributed by atoms with Gasteiger partial charge >= 0.3 is 5.97 Å². The monoisotopic (exact) mass is 423 g/mol. The minimum atomic E-state index is -0.978. The van der Waals surface area contributed by atoms with Gasteiger partial charge in [0.2, 0.25) is 0 Å². The van der Waals surface area contributed by atoms with Gasteiger partial charge in [0.05, 0.1) is 18.6 Å². The number of halogens is 1. The second kappa shape index (κ2) is 9.75. The summed E-state index contributed by atoms with van der Waals surface area (Å²) in [6.45, 7) is 7.03. The molecular weight excluding hydrogens is 402 g/mol. The molecule has 1 aromatic carbocycles. The van der Waals surface area contributed by atoms with Crippen molar-refractivity contribution < 1.29 is 19.1 Å². The predicted octanol–water partition coefficient (Wildman–Crippen LogP) is 3.73. The predicted molar refractivity (Wildman–Crippen MR) is 109 cm³/mol. The van der Waals surface area contributed by atoms with Crippen LogP contribution in [0.3, 0.4) is 0 Å². The minimum Gasteiger partial charge on any atom is -0.495 e. The Kier molecular flexibility index (Phi) is 7.65. The molecule has 9 heteroatoms. The van der Waals surface area contributed by atoms with Crippen molar-refractivity contribution in [1.82, 2.24) is 9.97 Å². The van der Waals surface area contributed by atoms with Crippen LogP contribution in [0.25, 0.3) is 0 Å². The molecule has 0 aliphatic heterocycles. The zero-order valence-corrected chi connectivity index (χ0v) is 17.9. The van der Waals surface area contributed by atoms with E-state index in [1.54, 1.807) is 12.1 Å². The highest BCUT2D eigenvalue weighted by Gasteiger charge is 2.20. The number of rotatable bonds is 7. The molecule has 2 rings (SSSR count). The van der Waals surface area contributed by atoms with Crippen molar-refractivity contribution in [3.63, 3.8) is 0 Å². The Hall–Kier alpha value is -2.32. The van der Waals surface area contributed by atoms with Crippen molar-refractivity contribution in [3.05, 3.63) is 40.2 Å². The van der Waals surface area contributed by atoms with Crippen LogP contribution in [0.15, 0.2) is 23.4 Å². The van der Waals surface area contributed by atoms with E-state index < -0.39 is 18.0 Å². The number of nitrogens with zero attached hydrogens (tertiary/aromatic N) is 2. The van der Waals surface area contributed by atoms with Crippen molar-refractivity contribution >= 4 is 40.9 Å². The Morgan fingerprint density at radius 3 is 2.43 bits per heavy atom. The SMILES string of the molecule is COc1cc(Cl)c(C)cc1NC(=O)C(C)OC(=O)CSc1nc(C)cc(C)n1. The van der Waals surface area contributed by atoms with Gasteiger partial charge in [-0.1, -0.05) is 23.4 Å². The number of ether oxygens (including phenoxy) is 2. The van der Waals surface area contributed by atoms with E-state index in [4.69, 9.17) is 21.1 Å². The molecule has 150 valence electrons. The first kappa shape index (κ1) is 22.0. The third-order valence-corrected chi connectivity index (χ3v) is 4.92. The van der Waals surface area contributed by atoms with Gasteiger partial charge in [0.1, 0.15) is 5.75 Å². The van der Waals surface area contributed by atoms with Gasteiger partial charge in [-0.15, -0.1) is 0 Å². The highest BCUT2D eigenvalue weighted by atomic mass is 35.5. The molecule has 1 unspecified atom stereocenters. The van der Waals surface area contributed by atoms with Crippen LogP contribution in [0.2, 0.25) is 5.02 Å². The van der Waals surface area contributed by atoms with Crippen LogP contribution in [0.1, 0.15) is 23.9 Å². The molecule has 28 heavy (non-hydrogen) atoms.